The molecule has 1 aliphatic rings. The van der Waals surface area contributed by atoms with E-state index in [4.69, 9.17) is 4.74 Å². The van der Waals surface area contributed by atoms with Crippen LogP contribution in [0.1, 0.15) is 32.0 Å². The Hall–Kier alpha value is -1.36. The fraction of sp³-hybridized carbons (Fsp3) is 0.692. The molecule has 100 valence electrons. The molecule has 4 atom stereocenters. The molecule has 0 aromatic carbocycles. The molecule has 0 saturated carbocycles. The monoisotopic (exact) mass is 251 g/mol. The molecule has 1 aromatic rings. The fourth-order valence-corrected chi connectivity index (χ4v) is 2.53. The van der Waals surface area contributed by atoms with E-state index in [1.165, 1.54) is 0 Å². The highest BCUT2D eigenvalue weighted by Crippen LogP contribution is 2.33. The van der Waals surface area contributed by atoms with E-state index in [2.05, 4.69) is 22.4 Å². The SMILES string of the molecule is Cc1[nH]nc(NC(=O)C2C(C)OC(C)C2C)c1C. The molecule has 1 amide bonds. The number of anilines is 1. The predicted octanol–water partition coefficient (Wildman–Crippen LogP) is 2.02. The van der Waals surface area contributed by atoms with Gasteiger partial charge in [-0.25, -0.2) is 0 Å². The van der Waals surface area contributed by atoms with Crippen molar-refractivity contribution in [1.82, 2.24) is 10.2 Å². The van der Waals surface area contributed by atoms with Crippen LogP contribution >= 0.6 is 0 Å². The average Bonchev–Trinajstić information content (AvgIpc) is 2.73. The van der Waals surface area contributed by atoms with Crippen molar-refractivity contribution in [2.45, 2.75) is 46.8 Å². The third-order valence-electron chi connectivity index (χ3n) is 4.04. The highest BCUT2D eigenvalue weighted by Gasteiger charge is 2.41. The minimum absolute atomic E-state index is 0.00560. The molecule has 0 spiro atoms. The summed E-state index contributed by atoms with van der Waals surface area (Å²) in [5.41, 5.74) is 1.96. The summed E-state index contributed by atoms with van der Waals surface area (Å²) in [6, 6.07) is 0. The van der Waals surface area contributed by atoms with Crippen LogP contribution in [-0.4, -0.2) is 28.3 Å². The van der Waals surface area contributed by atoms with Crippen molar-refractivity contribution in [3.63, 3.8) is 0 Å². The van der Waals surface area contributed by atoms with Crippen molar-refractivity contribution in [2.75, 3.05) is 5.32 Å². The van der Waals surface area contributed by atoms with Crippen molar-refractivity contribution in [3.05, 3.63) is 11.3 Å². The first-order valence-corrected chi connectivity index (χ1v) is 6.39. The molecule has 0 aliphatic carbocycles. The molecule has 2 heterocycles. The molecule has 5 nitrogen and oxygen atoms in total. The number of carbonyl (C=O) groups excluding carboxylic acids is 1. The molecule has 5 heteroatoms. The first-order valence-electron chi connectivity index (χ1n) is 6.39. The van der Waals surface area contributed by atoms with Crippen LogP contribution in [-0.2, 0) is 9.53 Å². The third-order valence-corrected chi connectivity index (χ3v) is 4.04. The Morgan fingerprint density at radius 1 is 1.28 bits per heavy atom. The van der Waals surface area contributed by atoms with E-state index in [9.17, 15) is 4.79 Å². The zero-order chi connectivity index (χ0) is 13.4. The summed E-state index contributed by atoms with van der Waals surface area (Å²) in [4.78, 5) is 12.3. The van der Waals surface area contributed by atoms with Crippen LogP contribution in [0.2, 0.25) is 0 Å². The number of nitrogens with zero attached hydrogens (tertiary/aromatic N) is 1. The lowest BCUT2D eigenvalue weighted by Crippen LogP contribution is -2.32. The highest BCUT2D eigenvalue weighted by atomic mass is 16.5. The Morgan fingerprint density at radius 2 is 1.94 bits per heavy atom. The average molecular weight is 251 g/mol. The van der Waals surface area contributed by atoms with E-state index in [0.29, 0.717) is 5.82 Å². The number of aromatic amines is 1. The van der Waals surface area contributed by atoms with Crippen LogP contribution in [0.3, 0.4) is 0 Å². The Morgan fingerprint density at radius 3 is 2.39 bits per heavy atom. The summed E-state index contributed by atoms with van der Waals surface area (Å²) in [7, 11) is 0. The second kappa shape index (κ2) is 4.72. The number of H-pyrrole nitrogens is 1. The summed E-state index contributed by atoms with van der Waals surface area (Å²) in [5.74, 6) is 0.724. The topological polar surface area (TPSA) is 67.0 Å². The smallest absolute Gasteiger partial charge is 0.231 e. The second-order valence-electron chi connectivity index (χ2n) is 5.24. The van der Waals surface area contributed by atoms with E-state index in [1.54, 1.807) is 0 Å². The Kier molecular flexibility index (Phi) is 3.43. The Labute approximate surface area is 107 Å². The summed E-state index contributed by atoms with van der Waals surface area (Å²) in [6.45, 7) is 9.89. The van der Waals surface area contributed by atoms with Crippen molar-refractivity contribution in [3.8, 4) is 0 Å². The van der Waals surface area contributed by atoms with E-state index < -0.39 is 0 Å². The van der Waals surface area contributed by atoms with Crippen LogP contribution in [0, 0.1) is 25.7 Å². The van der Waals surface area contributed by atoms with Gasteiger partial charge in [-0.05, 0) is 33.6 Å². The number of aromatic nitrogens is 2. The number of hydrogen-bond acceptors (Lipinski definition) is 3. The van der Waals surface area contributed by atoms with Gasteiger partial charge in [0.05, 0.1) is 18.1 Å². The minimum Gasteiger partial charge on any atom is -0.374 e. The summed E-state index contributed by atoms with van der Waals surface area (Å²) in [6.07, 6.45) is 0.0770. The Balaban J connectivity index is 2.11. The number of amides is 1. The van der Waals surface area contributed by atoms with Crippen LogP contribution in [0.15, 0.2) is 0 Å². The Bertz CT molecular complexity index is 455. The van der Waals surface area contributed by atoms with Crippen molar-refractivity contribution < 1.29 is 9.53 Å². The number of rotatable bonds is 2. The largest absolute Gasteiger partial charge is 0.374 e. The number of carbonyl (C=O) groups is 1. The van der Waals surface area contributed by atoms with Crippen molar-refractivity contribution >= 4 is 11.7 Å². The van der Waals surface area contributed by atoms with Gasteiger partial charge in [-0.2, -0.15) is 5.10 Å². The van der Waals surface area contributed by atoms with E-state index in [0.717, 1.165) is 11.3 Å². The molecule has 1 aliphatic heterocycles. The van der Waals surface area contributed by atoms with E-state index in [-0.39, 0.29) is 30.0 Å². The van der Waals surface area contributed by atoms with Gasteiger partial charge in [0.25, 0.3) is 0 Å². The van der Waals surface area contributed by atoms with Gasteiger partial charge in [0, 0.05) is 11.3 Å². The first kappa shape index (κ1) is 13.1. The van der Waals surface area contributed by atoms with Gasteiger partial charge >= 0.3 is 0 Å². The molecule has 1 fully saturated rings. The lowest BCUT2D eigenvalue weighted by Gasteiger charge is -2.17. The summed E-state index contributed by atoms with van der Waals surface area (Å²) < 4.78 is 5.69. The third kappa shape index (κ3) is 2.14. The molecule has 0 radical (unpaired) electrons. The number of ether oxygens (including phenoxy) is 1. The lowest BCUT2D eigenvalue weighted by atomic mass is 9.89. The van der Waals surface area contributed by atoms with E-state index in [1.807, 2.05) is 27.7 Å². The quantitative estimate of drug-likeness (QED) is 0.845. The summed E-state index contributed by atoms with van der Waals surface area (Å²) in [5, 5.41) is 9.86. The van der Waals surface area contributed by atoms with Crippen LogP contribution in [0.5, 0.6) is 0 Å². The molecule has 4 unspecified atom stereocenters. The zero-order valence-electron chi connectivity index (χ0n) is 11.6. The molecular formula is C13H21N3O2. The van der Waals surface area contributed by atoms with Gasteiger partial charge in [0.15, 0.2) is 5.82 Å². The maximum Gasteiger partial charge on any atom is 0.231 e. The fourth-order valence-electron chi connectivity index (χ4n) is 2.53. The molecule has 1 aromatic heterocycles. The number of aryl methyl sites for hydroxylation is 1. The van der Waals surface area contributed by atoms with Crippen molar-refractivity contribution in [2.24, 2.45) is 11.8 Å². The normalized spacial score (nSPS) is 31.6. The van der Waals surface area contributed by atoms with Crippen LogP contribution in [0.4, 0.5) is 5.82 Å². The molecular weight excluding hydrogens is 230 g/mol. The number of hydrogen-bond donors (Lipinski definition) is 2. The predicted molar refractivity (Wildman–Crippen MR) is 69.4 cm³/mol. The van der Waals surface area contributed by atoms with Crippen LogP contribution in [0.25, 0.3) is 0 Å². The molecule has 2 N–H and O–H groups in total. The first-order chi connectivity index (χ1) is 8.41. The standard InChI is InChI=1S/C13H21N3O2/c1-6-8(3)15-16-12(6)14-13(17)11-7(2)9(4)18-10(11)5/h7,9-11H,1-5H3,(H2,14,15,16,17). The van der Waals surface area contributed by atoms with Gasteiger partial charge in [0.2, 0.25) is 5.91 Å². The second-order valence-corrected chi connectivity index (χ2v) is 5.24. The molecule has 0 bridgehead atoms. The van der Waals surface area contributed by atoms with Gasteiger partial charge in [0.1, 0.15) is 0 Å². The van der Waals surface area contributed by atoms with Crippen molar-refractivity contribution in [1.29, 1.82) is 0 Å². The summed E-state index contributed by atoms with van der Waals surface area (Å²) >= 11 is 0. The minimum atomic E-state index is -0.114. The maximum absolute atomic E-state index is 12.3. The lowest BCUT2D eigenvalue weighted by molar-refractivity contribution is -0.122. The molecule has 1 saturated heterocycles. The highest BCUT2D eigenvalue weighted by molar-refractivity contribution is 5.93. The van der Waals surface area contributed by atoms with Gasteiger partial charge < -0.3 is 10.1 Å². The van der Waals surface area contributed by atoms with Gasteiger partial charge in [-0.1, -0.05) is 6.92 Å². The number of nitrogens with one attached hydrogen (secondary N) is 2. The van der Waals surface area contributed by atoms with Gasteiger partial charge in [-0.15, -0.1) is 0 Å². The molecule has 18 heavy (non-hydrogen) atoms. The van der Waals surface area contributed by atoms with E-state index >= 15 is 0 Å². The molecule has 2 rings (SSSR count). The zero-order valence-corrected chi connectivity index (χ0v) is 11.6. The van der Waals surface area contributed by atoms with Crippen LogP contribution < -0.4 is 5.32 Å². The van der Waals surface area contributed by atoms with Gasteiger partial charge in [-0.3, -0.25) is 9.89 Å². The maximum atomic E-state index is 12.3.